The van der Waals surface area contributed by atoms with Gasteiger partial charge in [-0.05, 0) is 13.1 Å². The summed E-state index contributed by atoms with van der Waals surface area (Å²) >= 11 is 0. The molecule has 1 aliphatic rings. The number of benzene rings is 1. The number of piperazine rings is 1. The molecule has 23 heavy (non-hydrogen) atoms. The summed E-state index contributed by atoms with van der Waals surface area (Å²) in [5, 5.41) is 0. The molecule has 1 fully saturated rings. The highest BCUT2D eigenvalue weighted by Crippen LogP contribution is 2.31. The minimum Gasteiger partial charge on any atom is -0.496 e. The molecule has 6 heteroatoms. The molecule has 3 rings (SSSR count). The van der Waals surface area contributed by atoms with E-state index >= 15 is 0 Å². The quantitative estimate of drug-likeness (QED) is 0.862. The number of rotatable bonds is 3. The molecular formula is C17H20N4O2. The molecule has 0 aliphatic carbocycles. The first kappa shape index (κ1) is 15.4. The van der Waals surface area contributed by atoms with Crippen LogP contribution >= 0.6 is 0 Å². The Morgan fingerprint density at radius 2 is 1.96 bits per heavy atom. The van der Waals surface area contributed by atoms with E-state index in [1.165, 1.54) is 6.33 Å². The summed E-state index contributed by atoms with van der Waals surface area (Å²) < 4.78 is 5.48. The van der Waals surface area contributed by atoms with Gasteiger partial charge in [0.25, 0.3) is 5.91 Å². The van der Waals surface area contributed by atoms with Gasteiger partial charge in [0.15, 0.2) is 0 Å². The molecule has 1 saturated heterocycles. The van der Waals surface area contributed by atoms with Crippen molar-refractivity contribution in [2.45, 2.75) is 6.04 Å². The highest BCUT2D eigenvalue weighted by atomic mass is 16.5. The van der Waals surface area contributed by atoms with Gasteiger partial charge in [-0.3, -0.25) is 9.69 Å². The SMILES string of the molecule is COc1ccccc1C1CN(C(=O)c2cncnc2)CCN1C. The van der Waals surface area contributed by atoms with E-state index in [0.717, 1.165) is 17.9 Å². The molecule has 1 amide bonds. The van der Waals surface area contributed by atoms with E-state index in [0.29, 0.717) is 18.7 Å². The van der Waals surface area contributed by atoms with E-state index in [4.69, 9.17) is 4.74 Å². The zero-order valence-electron chi connectivity index (χ0n) is 13.3. The Bertz CT molecular complexity index is 677. The van der Waals surface area contributed by atoms with Crippen molar-refractivity contribution in [3.8, 4) is 5.75 Å². The average Bonchev–Trinajstić information content (AvgIpc) is 2.62. The molecule has 1 aromatic heterocycles. The molecule has 0 N–H and O–H groups in total. The van der Waals surface area contributed by atoms with Gasteiger partial charge in [-0.25, -0.2) is 9.97 Å². The molecule has 2 heterocycles. The molecule has 6 nitrogen and oxygen atoms in total. The third kappa shape index (κ3) is 3.17. The van der Waals surface area contributed by atoms with Crippen LogP contribution in [0.1, 0.15) is 22.0 Å². The largest absolute Gasteiger partial charge is 0.496 e. The molecule has 0 spiro atoms. The van der Waals surface area contributed by atoms with Crippen molar-refractivity contribution >= 4 is 5.91 Å². The summed E-state index contributed by atoms with van der Waals surface area (Å²) in [7, 11) is 3.75. The summed E-state index contributed by atoms with van der Waals surface area (Å²) in [5.74, 6) is 0.820. The summed E-state index contributed by atoms with van der Waals surface area (Å²) in [4.78, 5) is 24.6. The van der Waals surface area contributed by atoms with Crippen LogP contribution in [-0.4, -0.2) is 59.5 Å². The minimum atomic E-state index is -0.0291. The smallest absolute Gasteiger partial charge is 0.257 e. The van der Waals surface area contributed by atoms with Gasteiger partial charge in [-0.15, -0.1) is 0 Å². The lowest BCUT2D eigenvalue weighted by Gasteiger charge is -2.40. The van der Waals surface area contributed by atoms with Gasteiger partial charge in [0.05, 0.1) is 18.7 Å². The highest BCUT2D eigenvalue weighted by molar-refractivity contribution is 5.93. The summed E-state index contributed by atoms with van der Waals surface area (Å²) in [5.41, 5.74) is 1.62. The fraction of sp³-hybridized carbons (Fsp3) is 0.353. The average molecular weight is 312 g/mol. The Morgan fingerprint density at radius 1 is 1.22 bits per heavy atom. The Balaban J connectivity index is 1.83. The molecule has 0 radical (unpaired) electrons. The van der Waals surface area contributed by atoms with Gasteiger partial charge in [0.1, 0.15) is 12.1 Å². The van der Waals surface area contributed by atoms with E-state index in [1.54, 1.807) is 19.5 Å². The zero-order chi connectivity index (χ0) is 16.2. The van der Waals surface area contributed by atoms with E-state index in [9.17, 15) is 4.79 Å². The maximum atomic E-state index is 12.6. The normalized spacial score (nSPS) is 18.7. The third-order valence-electron chi connectivity index (χ3n) is 4.24. The van der Waals surface area contributed by atoms with E-state index < -0.39 is 0 Å². The number of hydrogen-bond donors (Lipinski definition) is 0. The zero-order valence-corrected chi connectivity index (χ0v) is 13.3. The van der Waals surface area contributed by atoms with Crippen molar-refractivity contribution in [1.29, 1.82) is 0 Å². The second-order valence-electron chi connectivity index (χ2n) is 5.62. The highest BCUT2D eigenvalue weighted by Gasteiger charge is 2.30. The van der Waals surface area contributed by atoms with Gasteiger partial charge in [-0.2, -0.15) is 0 Å². The van der Waals surface area contributed by atoms with Gasteiger partial charge in [-0.1, -0.05) is 18.2 Å². The maximum absolute atomic E-state index is 12.6. The van der Waals surface area contributed by atoms with E-state index in [-0.39, 0.29) is 11.9 Å². The second-order valence-corrected chi connectivity index (χ2v) is 5.62. The predicted molar refractivity (Wildman–Crippen MR) is 86.3 cm³/mol. The predicted octanol–water partition coefficient (Wildman–Crippen LogP) is 1.61. The summed E-state index contributed by atoms with van der Waals surface area (Å²) in [6.07, 6.45) is 4.55. The topological polar surface area (TPSA) is 58.6 Å². The van der Waals surface area contributed by atoms with Crippen LogP contribution in [0.25, 0.3) is 0 Å². The van der Waals surface area contributed by atoms with Crippen LogP contribution in [0, 0.1) is 0 Å². The van der Waals surface area contributed by atoms with Gasteiger partial charge in [0.2, 0.25) is 0 Å². The van der Waals surface area contributed by atoms with E-state index in [2.05, 4.69) is 28.0 Å². The van der Waals surface area contributed by atoms with Gasteiger partial charge >= 0.3 is 0 Å². The number of hydrogen-bond acceptors (Lipinski definition) is 5. The molecule has 0 saturated carbocycles. The van der Waals surface area contributed by atoms with Crippen molar-refractivity contribution in [1.82, 2.24) is 19.8 Å². The monoisotopic (exact) mass is 312 g/mol. The van der Waals surface area contributed by atoms with Crippen LogP contribution in [0.15, 0.2) is 43.0 Å². The number of carbonyl (C=O) groups excluding carboxylic acids is 1. The summed E-state index contributed by atoms with van der Waals surface area (Å²) in [6.45, 7) is 2.11. The number of likely N-dealkylation sites (N-methyl/N-ethyl adjacent to an activating group) is 1. The van der Waals surface area contributed by atoms with Crippen LogP contribution in [0.2, 0.25) is 0 Å². The number of amides is 1. The number of ether oxygens (including phenoxy) is 1. The number of methoxy groups -OCH3 is 1. The number of nitrogens with zero attached hydrogens (tertiary/aromatic N) is 4. The lowest BCUT2D eigenvalue weighted by Crippen LogP contribution is -2.49. The van der Waals surface area contributed by atoms with Crippen LogP contribution in [0.4, 0.5) is 0 Å². The molecule has 1 aromatic carbocycles. The summed E-state index contributed by atoms with van der Waals surface area (Å²) in [6, 6.07) is 8.06. The number of carbonyl (C=O) groups is 1. The first-order chi connectivity index (χ1) is 11.2. The van der Waals surface area contributed by atoms with Crippen LogP contribution in [0.3, 0.4) is 0 Å². The molecule has 1 atom stereocenters. The van der Waals surface area contributed by atoms with Crippen molar-refractivity contribution in [2.75, 3.05) is 33.8 Å². The minimum absolute atomic E-state index is 0.0291. The molecule has 2 aromatic rings. The van der Waals surface area contributed by atoms with Crippen molar-refractivity contribution in [3.05, 3.63) is 54.1 Å². The molecule has 1 unspecified atom stereocenters. The standard InChI is InChI=1S/C17H20N4O2/c1-20-7-8-21(17(22)13-9-18-12-19-10-13)11-15(20)14-5-3-4-6-16(14)23-2/h3-6,9-10,12,15H,7-8,11H2,1-2H3. The molecule has 0 bridgehead atoms. The first-order valence-electron chi connectivity index (χ1n) is 7.58. The van der Waals surface area contributed by atoms with Crippen molar-refractivity contribution in [3.63, 3.8) is 0 Å². The molecule has 1 aliphatic heterocycles. The van der Waals surface area contributed by atoms with Gasteiger partial charge in [0, 0.05) is 37.6 Å². The maximum Gasteiger partial charge on any atom is 0.257 e. The number of para-hydroxylation sites is 1. The van der Waals surface area contributed by atoms with E-state index in [1.807, 2.05) is 23.1 Å². The van der Waals surface area contributed by atoms with Crippen molar-refractivity contribution < 1.29 is 9.53 Å². The Labute approximate surface area is 135 Å². The Hall–Kier alpha value is -2.47. The van der Waals surface area contributed by atoms with Crippen LogP contribution in [-0.2, 0) is 0 Å². The van der Waals surface area contributed by atoms with Crippen molar-refractivity contribution in [2.24, 2.45) is 0 Å². The van der Waals surface area contributed by atoms with Crippen LogP contribution < -0.4 is 4.74 Å². The third-order valence-corrected chi connectivity index (χ3v) is 4.24. The van der Waals surface area contributed by atoms with Gasteiger partial charge < -0.3 is 9.64 Å². The molecule has 120 valence electrons. The lowest BCUT2D eigenvalue weighted by atomic mass is 10.0. The second kappa shape index (κ2) is 6.75. The Morgan fingerprint density at radius 3 is 2.70 bits per heavy atom. The first-order valence-corrected chi connectivity index (χ1v) is 7.58. The molecular weight excluding hydrogens is 292 g/mol. The Kier molecular flexibility index (Phi) is 4.52. The lowest BCUT2D eigenvalue weighted by molar-refractivity contribution is 0.0541. The fourth-order valence-electron chi connectivity index (χ4n) is 2.93. The fourth-order valence-corrected chi connectivity index (χ4v) is 2.93. The van der Waals surface area contributed by atoms with Crippen LogP contribution in [0.5, 0.6) is 5.75 Å². The number of aromatic nitrogens is 2.